The number of carboxylic acids is 1. The molecule has 0 saturated heterocycles. The van der Waals surface area contributed by atoms with Crippen LogP contribution < -0.4 is 21.7 Å². The quantitative estimate of drug-likeness (QED) is 0.0969. The van der Waals surface area contributed by atoms with Crippen molar-refractivity contribution in [3.8, 4) is 5.75 Å². The van der Waals surface area contributed by atoms with E-state index in [0.717, 1.165) is 27.6 Å². The van der Waals surface area contributed by atoms with E-state index >= 15 is 0 Å². The van der Waals surface area contributed by atoms with Gasteiger partial charge in [-0.2, -0.15) is 11.8 Å². The first-order valence-electron chi connectivity index (χ1n) is 14.9. The number of aromatic nitrogens is 1. The van der Waals surface area contributed by atoms with Gasteiger partial charge in [0.25, 0.3) is 0 Å². The number of hydrogen-bond donors (Lipinski definition) is 7. The number of carboxylic acid groups (broad SMARTS) is 1. The van der Waals surface area contributed by atoms with E-state index < -0.39 is 47.9 Å². The van der Waals surface area contributed by atoms with Crippen LogP contribution in [0.2, 0.25) is 0 Å². The molecule has 4 rings (SSSR count). The van der Waals surface area contributed by atoms with Crippen LogP contribution in [0, 0.1) is 0 Å². The third-order valence-electron chi connectivity index (χ3n) is 7.60. The molecule has 0 fully saturated rings. The number of thioether (sulfide) groups is 1. The zero-order valence-electron chi connectivity index (χ0n) is 25.4. The molecule has 8 N–H and O–H groups in total. The number of phenols is 1. The zero-order valence-corrected chi connectivity index (χ0v) is 26.3. The first kappa shape index (κ1) is 34.1. The van der Waals surface area contributed by atoms with Gasteiger partial charge in [-0.25, -0.2) is 4.79 Å². The molecule has 0 aliphatic carbocycles. The van der Waals surface area contributed by atoms with Gasteiger partial charge < -0.3 is 36.9 Å². The highest BCUT2D eigenvalue weighted by Gasteiger charge is 2.31. The van der Waals surface area contributed by atoms with Crippen LogP contribution in [0.5, 0.6) is 5.75 Å². The van der Waals surface area contributed by atoms with Gasteiger partial charge in [0.2, 0.25) is 17.7 Å². The number of rotatable bonds is 16. The van der Waals surface area contributed by atoms with Crippen molar-refractivity contribution in [1.82, 2.24) is 20.9 Å². The Kier molecular flexibility index (Phi) is 12.2. The van der Waals surface area contributed by atoms with Crippen LogP contribution in [0.3, 0.4) is 0 Å². The molecule has 12 heteroatoms. The van der Waals surface area contributed by atoms with Crippen molar-refractivity contribution in [3.63, 3.8) is 0 Å². The van der Waals surface area contributed by atoms with Gasteiger partial charge in [0.15, 0.2) is 0 Å². The fraction of sp³-hybridized carbons (Fsp3) is 0.294. The minimum absolute atomic E-state index is 0.0565. The van der Waals surface area contributed by atoms with E-state index in [2.05, 4.69) is 20.9 Å². The molecule has 4 unspecified atom stereocenters. The highest BCUT2D eigenvalue weighted by molar-refractivity contribution is 7.98. The van der Waals surface area contributed by atoms with Crippen LogP contribution in [0.1, 0.15) is 23.1 Å². The largest absolute Gasteiger partial charge is 0.508 e. The number of fused-ring (bicyclic) bond motifs is 1. The summed E-state index contributed by atoms with van der Waals surface area (Å²) in [6, 6.07) is 18.5. The Balaban J connectivity index is 1.53. The number of nitrogens with two attached hydrogens (primary N) is 1. The fourth-order valence-corrected chi connectivity index (χ4v) is 5.56. The molecule has 0 saturated carbocycles. The molecule has 3 aromatic carbocycles. The summed E-state index contributed by atoms with van der Waals surface area (Å²) in [7, 11) is 0. The second-order valence-electron chi connectivity index (χ2n) is 11.0. The summed E-state index contributed by atoms with van der Waals surface area (Å²) >= 11 is 1.49. The molecule has 0 spiro atoms. The summed E-state index contributed by atoms with van der Waals surface area (Å²) in [6.45, 7) is 0. The number of phenolic OH excluding ortho intramolecular Hbond substituents is 1. The molecule has 0 aliphatic heterocycles. The minimum atomic E-state index is -1.23. The summed E-state index contributed by atoms with van der Waals surface area (Å²) in [6.07, 6.45) is 4.22. The number of nitrogens with one attached hydrogen (secondary N) is 4. The van der Waals surface area contributed by atoms with Crippen LogP contribution in [-0.2, 0) is 38.4 Å². The molecule has 0 aliphatic rings. The number of carbonyl (C=O) groups excluding carboxylic acids is 3. The number of aromatic hydroxyl groups is 1. The van der Waals surface area contributed by atoms with Gasteiger partial charge in [0.1, 0.15) is 23.9 Å². The number of aliphatic carboxylic acids is 1. The van der Waals surface area contributed by atoms with Crippen molar-refractivity contribution in [2.24, 2.45) is 5.73 Å². The van der Waals surface area contributed by atoms with Crippen molar-refractivity contribution < 1.29 is 29.4 Å². The Bertz CT molecular complexity index is 1630. The Hall–Kier alpha value is -4.81. The predicted molar refractivity (Wildman–Crippen MR) is 178 cm³/mol. The highest BCUT2D eigenvalue weighted by atomic mass is 32.2. The van der Waals surface area contributed by atoms with Crippen LogP contribution in [0.15, 0.2) is 85.1 Å². The van der Waals surface area contributed by atoms with E-state index in [1.54, 1.807) is 42.6 Å². The summed E-state index contributed by atoms with van der Waals surface area (Å²) in [5.74, 6) is -2.36. The molecule has 1 heterocycles. The summed E-state index contributed by atoms with van der Waals surface area (Å²) in [5.41, 5.74) is 9.25. The topological polar surface area (TPSA) is 187 Å². The van der Waals surface area contributed by atoms with E-state index in [4.69, 9.17) is 5.73 Å². The maximum atomic E-state index is 13.7. The number of aromatic amines is 1. The second-order valence-corrected chi connectivity index (χ2v) is 12.0. The lowest BCUT2D eigenvalue weighted by molar-refractivity contribution is -0.142. The Labute approximate surface area is 271 Å². The Morgan fingerprint density at radius 1 is 0.761 bits per heavy atom. The maximum absolute atomic E-state index is 13.7. The van der Waals surface area contributed by atoms with Gasteiger partial charge in [0.05, 0.1) is 6.04 Å². The molecule has 4 aromatic rings. The van der Waals surface area contributed by atoms with E-state index in [1.807, 2.05) is 36.6 Å². The standard InChI is InChI=1S/C34H39N5O6S/c1-46-16-15-28(37-31(41)26(35)17-22-11-13-24(40)14-12-22)32(42)38-29(19-23-20-36-27-10-6-5-9-25(23)27)33(43)39-30(34(44)45)18-21-7-3-2-4-8-21/h2-14,20,26,28-30,36,40H,15-19,35H2,1H3,(H,37,41)(H,38,42)(H,39,43)(H,44,45). The zero-order chi connectivity index (χ0) is 33.1. The molecule has 1 aromatic heterocycles. The number of amides is 3. The molecule has 242 valence electrons. The predicted octanol–water partition coefficient (Wildman–Crippen LogP) is 2.52. The molecule has 4 atom stereocenters. The lowest BCUT2D eigenvalue weighted by Crippen LogP contribution is -2.58. The fourth-order valence-electron chi connectivity index (χ4n) is 5.09. The molecular weight excluding hydrogens is 606 g/mol. The van der Waals surface area contributed by atoms with Gasteiger partial charge in [-0.05, 0) is 59.7 Å². The van der Waals surface area contributed by atoms with Crippen LogP contribution in [0.4, 0.5) is 0 Å². The first-order valence-corrected chi connectivity index (χ1v) is 16.3. The van der Waals surface area contributed by atoms with Crippen molar-refractivity contribution in [1.29, 1.82) is 0 Å². The Morgan fingerprint density at radius 3 is 2.07 bits per heavy atom. The lowest BCUT2D eigenvalue weighted by atomic mass is 10.0. The van der Waals surface area contributed by atoms with Gasteiger partial charge >= 0.3 is 5.97 Å². The third kappa shape index (κ3) is 9.59. The molecule has 46 heavy (non-hydrogen) atoms. The number of carbonyl (C=O) groups is 4. The van der Waals surface area contributed by atoms with Gasteiger partial charge in [-0.1, -0.05) is 60.7 Å². The van der Waals surface area contributed by atoms with E-state index in [9.17, 15) is 29.4 Å². The van der Waals surface area contributed by atoms with E-state index in [0.29, 0.717) is 5.75 Å². The van der Waals surface area contributed by atoms with E-state index in [-0.39, 0.29) is 31.4 Å². The maximum Gasteiger partial charge on any atom is 0.326 e. The number of benzene rings is 3. The average Bonchev–Trinajstić information content (AvgIpc) is 3.46. The van der Waals surface area contributed by atoms with Crippen LogP contribution >= 0.6 is 11.8 Å². The second kappa shape index (κ2) is 16.5. The van der Waals surface area contributed by atoms with Gasteiger partial charge in [-0.3, -0.25) is 14.4 Å². The average molecular weight is 646 g/mol. The van der Waals surface area contributed by atoms with Crippen molar-refractivity contribution in [3.05, 3.63) is 102 Å². The lowest BCUT2D eigenvalue weighted by Gasteiger charge is -2.25. The highest BCUT2D eigenvalue weighted by Crippen LogP contribution is 2.20. The smallest absolute Gasteiger partial charge is 0.326 e. The third-order valence-corrected chi connectivity index (χ3v) is 8.25. The van der Waals surface area contributed by atoms with Crippen molar-refractivity contribution in [2.75, 3.05) is 12.0 Å². The summed E-state index contributed by atoms with van der Waals surface area (Å²) < 4.78 is 0. The van der Waals surface area contributed by atoms with Gasteiger partial charge in [0, 0.05) is 29.9 Å². The van der Waals surface area contributed by atoms with Crippen molar-refractivity contribution in [2.45, 2.75) is 49.9 Å². The molecular formula is C34H39N5O6S. The number of H-pyrrole nitrogens is 1. The monoisotopic (exact) mass is 645 g/mol. The van der Waals surface area contributed by atoms with Crippen molar-refractivity contribution >= 4 is 46.4 Å². The summed E-state index contributed by atoms with van der Waals surface area (Å²) in [4.78, 5) is 55.8. The first-order chi connectivity index (χ1) is 22.1. The van der Waals surface area contributed by atoms with Crippen LogP contribution in [-0.4, -0.2) is 75.1 Å². The molecule has 0 radical (unpaired) electrons. The van der Waals surface area contributed by atoms with E-state index in [1.165, 1.54) is 23.9 Å². The van der Waals surface area contributed by atoms with Gasteiger partial charge in [-0.15, -0.1) is 0 Å². The SMILES string of the molecule is CSCCC(NC(=O)C(N)Cc1ccc(O)cc1)C(=O)NC(Cc1c[nH]c2ccccc12)C(=O)NC(Cc1ccccc1)C(=O)O. The number of para-hydroxylation sites is 1. The minimum Gasteiger partial charge on any atom is -0.508 e. The normalized spacial score (nSPS) is 13.7. The number of hydrogen-bond acceptors (Lipinski definition) is 7. The summed E-state index contributed by atoms with van der Waals surface area (Å²) in [5, 5.41) is 28.4. The molecule has 3 amide bonds. The van der Waals surface area contributed by atoms with Crippen LogP contribution in [0.25, 0.3) is 10.9 Å². The Morgan fingerprint density at radius 2 is 1.37 bits per heavy atom. The molecule has 11 nitrogen and oxygen atoms in total. The molecule has 0 bridgehead atoms.